The standard InChI is InChI=1S/C27H19F6N3O5S2/c1-25-21-5-3-2-4-19(21)23(36(25)43(40,41)18-12-8-16(9-13-18)27(31,32)33)20-14-35(34-22(20)24(25)37)42(38,39)17-10-6-15(7-11-17)26(28,29)30/h2-14,23-24,37H,1H3. The van der Waals surface area contributed by atoms with Crippen LogP contribution in [0.25, 0.3) is 0 Å². The first kappa shape index (κ1) is 29.3. The van der Waals surface area contributed by atoms with Gasteiger partial charge in [-0.3, -0.25) is 0 Å². The first-order chi connectivity index (χ1) is 19.9. The fourth-order valence-electron chi connectivity index (χ4n) is 5.70. The average molecular weight is 644 g/mol. The Labute approximate surface area is 240 Å². The maximum Gasteiger partial charge on any atom is 0.416 e. The minimum absolute atomic E-state index is 0.0269. The topological polar surface area (TPSA) is 110 Å². The summed E-state index contributed by atoms with van der Waals surface area (Å²) in [7, 11) is -9.25. The highest BCUT2D eigenvalue weighted by Gasteiger charge is 2.62. The van der Waals surface area contributed by atoms with Crippen LogP contribution in [0.5, 0.6) is 0 Å². The molecule has 0 saturated carbocycles. The van der Waals surface area contributed by atoms with Gasteiger partial charge in [-0.05, 0) is 66.6 Å². The zero-order valence-corrected chi connectivity index (χ0v) is 23.3. The predicted octanol–water partition coefficient (Wildman–Crippen LogP) is 5.21. The Morgan fingerprint density at radius 3 is 1.74 bits per heavy atom. The molecule has 0 amide bonds. The molecule has 3 heterocycles. The Bertz CT molecular complexity index is 1970. The second-order valence-electron chi connectivity index (χ2n) is 10.2. The first-order valence-corrected chi connectivity index (χ1v) is 15.3. The van der Waals surface area contributed by atoms with E-state index in [1.165, 1.54) is 6.92 Å². The van der Waals surface area contributed by atoms with Gasteiger partial charge in [0.2, 0.25) is 10.0 Å². The molecule has 226 valence electrons. The monoisotopic (exact) mass is 643 g/mol. The lowest BCUT2D eigenvalue weighted by Gasteiger charge is -2.44. The van der Waals surface area contributed by atoms with Gasteiger partial charge in [0.15, 0.2) is 0 Å². The summed E-state index contributed by atoms with van der Waals surface area (Å²) >= 11 is 0. The van der Waals surface area contributed by atoms with E-state index in [4.69, 9.17) is 0 Å². The van der Waals surface area contributed by atoms with Crippen molar-refractivity contribution in [1.29, 1.82) is 0 Å². The number of fused-ring (bicyclic) bond motifs is 7. The van der Waals surface area contributed by atoms with E-state index >= 15 is 0 Å². The number of alkyl halides is 6. The molecule has 3 atom stereocenters. The van der Waals surface area contributed by atoms with Gasteiger partial charge in [0.25, 0.3) is 10.0 Å². The van der Waals surface area contributed by atoms with Crippen LogP contribution in [0.2, 0.25) is 0 Å². The molecule has 2 bridgehead atoms. The largest absolute Gasteiger partial charge is 0.416 e. The summed E-state index contributed by atoms with van der Waals surface area (Å²) in [6, 6.07) is 10.6. The SMILES string of the molecule is CC12c3ccccc3C(c3cn(S(=O)(=O)c4ccc(C(F)(F)F)cc4)nc3C1O)N2S(=O)(=O)c1ccc(C(F)(F)F)cc1. The van der Waals surface area contributed by atoms with E-state index in [1.54, 1.807) is 24.3 Å². The Morgan fingerprint density at radius 2 is 1.23 bits per heavy atom. The van der Waals surface area contributed by atoms with Gasteiger partial charge in [-0.25, -0.2) is 8.42 Å². The highest BCUT2D eigenvalue weighted by Crippen LogP contribution is 2.61. The molecule has 0 fully saturated rings. The molecule has 16 heteroatoms. The van der Waals surface area contributed by atoms with Gasteiger partial charge in [-0.15, -0.1) is 0 Å². The number of nitrogens with zero attached hydrogens (tertiary/aromatic N) is 3. The molecule has 2 aliphatic rings. The van der Waals surface area contributed by atoms with Crippen molar-refractivity contribution >= 4 is 20.0 Å². The Balaban J connectivity index is 1.50. The molecule has 2 aliphatic heterocycles. The Hall–Kier alpha value is -3.73. The average Bonchev–Trinajstić information content (AvgIpc) is 3.49. The molecule has 6 rings (SSSR count). The van der Waals surface area contributed by atoms with Crippen LogP contribution in [0.3, 0.4) is 0 Å². The van der Waals surface area contributed by atoms with Crippen molar-refractivity contribution in [2.24, 2.45) is 0 Å². The Morgan fingerprint density at radius 1 is 0.744 bits per heavy atom. The number of benzene rings is 3. The molecule has 8 nitrogen and oxygen atoms in total. The number of aliphatic hydroxyl groups excluding tert-OH is 1. The smallest absolute Gasteiger partial charge is 0.384 e. The third-order valence-corrected chi connectivity index (χ3v) is 11.3. The summed E-state index contributed by atoms with van der Waals surface area (Å²) in [5.41, 5.74) is -3.37. The number of sulfonamides is 1. The highest BCUT2D eigenvalue weighted by atomic mass is 32.2. The molecule has 4 aromatic rings. The van der Waals surface area contributed by atoms with Gasteiger partial charge in [-0.2, -0.15) is 48.3 Å². The normalized spacial score (nSPS) is 22.3. The minimum atomic E-state index is -4.72. The molecule has 1 aromatic heterocycles. The van der Waals surface area contributed by atoms with E-state index in [0.717, 1.165) is 34.8 Å². The van der Waals surface area contributed by atoms with Crippen LogP contribution in [0.15, 0.2) is 88.8 Å². The summed E-state index contributed by atoms with van der Waals surface area (Å²) < 4.78 is 135. The molecule has 0 aliphatic carbocycles. The van der Waals surface area contributed by atoms with Crippen molar-refractivity contribution in [3.63, 3.8) is 0 Å². The number of rotatable bonds is 4. The van der Waals surface area contributed by atoms with E-state index in [-0.39, 0.29) is 11.3 Å². The van der Waals surface area contributed by atoms with Crippen molar-refractivity contribution in [2.45, 2.75) is 46.8 Å². The van der Waals surface area contributed by atoms with E-state index in [1.807, 2.05) is 0 Å². The number of aromatic nitrogens is 2. The maximum absolute atomic E-state index is 14.1. The summed E-state index contributed by atoms with van der Waals surface area (Å²) in [4.78, 5) is -1.04. The van der Waals surface area contributed by atoms with Crippen LogP contribution in [-0.4, -0.2) is 35.4 Å². The van der Waals surface area contributed by atoms with Crippen LogP contribution in [-0.2, 0) is 37.9 Å². The lowest BCUT2D eigenvalue weighted by Crippen LogP contribution is -2.51. The molecule has 43 heavy (non-hydrogen) atoms. The summed E-state index contributed by atoms with van der Waals surface area (Å²) in [5.74, 6) is 0. The van der Waals surface area contributed by atoms with Gasteiger partial charge >= 0.3 is 12.4 Å². The lowest BCUT2D eigenvalue weighted by atomic mass is 9.85. The molecule has 0 saturated heterocycles. The van der Waals surface area contributed by atoms with Crippen molar-refractivity contribution in [3.05, 3.63) is 113 Å². The molecule has 0 spiro atoms. The number of aliphatic hydroxyl groups is 1. The third-order valence-electron chi connectivity index (χ3n) is 7.79. The zero-order valence-electron chi connectivity index (χ0n) is 21.7. The van der Waals surface area contributed by atoms with Crippen LogP contribution in [0.1, 0.15) is 52.6 Å². The van der Waals surface area contributed by atoms with E-state index in [9.17, 15) is 48.3 Å². The summed E-state index contributed by atoms with van der Waals surface area (Å²) in [6.07, 6.45) is -10.2. The van der Waals surface area contributed by atoms with Crippen molar-refractivity contribution in [3.8, 4) is 0 Å². The molecular weight excluding hydrogens is 624 g/mol. The van der Waals surface area contributed by atoms with Crippen molar-refractivity contribution in [1.82, 2.24) is 13.5 Å². The van der Waals surface area contributed by atoms with E-state index in [0.29, 0.717) is 39.5 Å². The van der Waals surface area contributed by atoms with Crippen LogP contribution >= 0.6 is 0 Å². The van der Waals surface area contributed by atoms with Gasteiger partial charge in [0.05, 0.1) is 38.2 Å². The molecule has 0 radical (unpaired) electrons. The molecule has 1 N–H and O–H groups in total. The van der Waals surface area contributed by atoms with Crippen molar-refractivity contribution < 1.29 is 48.3 Å². The molecule has 3 unspecified atom stereocenters. The highest BCUT2D eigenvalue weighted by molar-refractivity contribution is 7.90. The maximum atomic E-state index is 14.1. The van der Waals surface area contributed by atoms with Crippen LogP contribution in [0.4, 0.5) is 26.3 Å². The molecule has 3 aromatic carbocycles. The third kappa shape index (κ3) is 4.22. The van der Waals surface area contributed by atoms with Gasteiger partial charge < -0.3 is 5.11 Å². The number of hydrogen-bond acceptors (Lipinski definition) is 6. The Kier molecular flexibility index (Phi) is 6.24. The minimum Gasteiger partial charge on any atom is -0.384 e. The van der Waals surface area contributed by atoms with Gasteiger partial charge in [-0.1, -0.05) is 24.3 Å². The van der Waals surface area contributed by atoms with Gasteiger partial charge in [0.1, 0.15) is 6.10 Å². The number of halogens is 6. The zero-order chi connectivity index (χ0) is 31.3. The van der Waals surface area contributed by atoms with Crippen LogP contribution in [0, 0.1) is 0 Å². The predicted molar refractivity (Wildman–Crippen MR) is 137 cm³/mol. The van der Waals surface area contributed by atoms with Crippen molar-refractivity contribution in [2.75, 3.05) is 0 Å². The lowest BCUT2D eigenvalue weighted by molar-refractivity contribution is -0.138. The molecular formula is C27H19F6N3O5S2. The van der Waals surface area contributed by atoms with E-state index < -0.39 is 71.0 Å². The van der Waals surface area contributed by atoms with Gasteiger partial charge in [0, 0.05) is 11.8 Å². The fourth-order valence-corrected chi connectivity index (χ4v) is 8.76. The first-order valence-electron chi connectivity index (χ1n) is 12.4. The quantitative estimate of drug-likeness (QED) is 0.306. The number of hydrogen-bond donors (Lipinski definition) is 1. The summed E-state index contributed by atoms with van der Waals surface area (Å²) in [6.45, 7) is 1.39. The second kappa shape index (κ2) is 9.14. The summed E-state index contributed by atoms with van der Waals surface area (Å²) in [5, 5.41) is 15.7. The van der Waals surface area contributed by atoms with Crippen LogP contribution < -0.4 is 0 Å². The van der Waals surface area contributed by atoms with E-state index in [2.05, 4.69) is 5.10 Å². The fraction of sp³-hybridized carbons (Fsp3) is 0.222. The second-order valence-corrected chi connectivity index (χ2v) is 13.8.